The van der Waals surface area contributed by atoms with Crippen molar-refractivity contribution >= 4 is 28.3 Å². The number of nitrogens with zero attached hydrogens (tertiary/aromatic N) is 1. The van der Waals surface area contributed by atoms with Crippen molar-refractivity contribution in [3.63, 3.8) is 0 Å². The second kappa shape index (κ2) is 6.59. The molecule has 0 radical (unpaired) electrons. The van der Waals surface area contributed by atoms with Crippen LogP contribution >= 0.6 is 0 Å². The Kier molecular flexibility index (Phi) is 4.13. The Morgan fingerprint density at radius 1 is 1.00 bits per heavy atom. The first kappa shape index (κ1) is 16.3. The Bertz CT molecular complexity index is 985. The van der Waals surface area contributed by atoms with Gasteiger partial charge in [-0.15, -0.1) is 0 Å². The SMILES string of the molecule is O=C(N[C@@H]1CC(=O)N(c2ccc(F)cc2)C1)c1ccc2ccccc2c1. The number of nitrogens with one attached hydrogen (secondary N) is 1. The third kappa shape index (κ3) is 3.16. The molecule has 1 fully saturated rings. The van der Waals surface area contributed by atoms with Gasteiger partial charge >= 0.3 is 0 Å². The highest BCUT2D eigenvalue weighted by Crippen LogP contribution is 2.22. The van der Waals surface area contributed by atoms with Gasteiger partial charge in [0.05, 0.1) is 6.04 Å². The Balaban J connectivity index is 1.47. The van der Waals surface area contributed by atoms with Crippen LogP contribution in [0.15, 0.2) is 66.7 Å². The number of benzene rings is 3. The summed E-state index contributed by atoms with van der Waals surface area (Å²) in [6, 6.07) is 18.9. The van der Waals surface area contributed by atoms with Crippen LogP contribution in [0.4, 0.5) is 10.1 Å². The van der Waals surface area contributed by atoms with Crippen molar-refractivity contribution in [1.82, 2.24) is 5.32 Å². The van der Waals surface area contributed by atoms with Gasteiger partial charge in [0.1, 0.15) is 5.82 Å². The molecule has 0 aromatic heterocycles. The van der Waals surface area contributed by atoms with Crippen LogP contribution in [-0.4, -0.2) is 24.4 Å². The highest BCUT2D eigenvalue weighted by atomic mass is 19.1. The second-order valence-electron chi connectivity index (χ2n) is 6.42. The van der Waals surface area contributed by atoms with Gasteiger partial charge in [-0.2, -0.15) is 0 Å². The minimum Gasteiger partial charge on any atom is -0.347 e. The molecule has 1 aliphatic heterocycles. The van der Waals surface area contributed by atoms with Crippen LogP contribution in [0.3, 0.4) is 0 Å². The van der Waals surface area contributed by atoms with Crippen LogP contribution in [0.1, 0.15) is 16.8 Å². The van der Waals surface area contributed by atoms with Crippen molar-refractivity contribution in [1.29, 1.82) is 0 Å². The first-order valence-electron chi connectivity index (χ1n) is 8.46. The lowest BCUT2D eigenvalue weighted by molar-refractivity contribution is -0.117. The quantitative estimate of drug-likeness (QED) is 0.787. The topological polar surface area (TPSA) is 49.4 Å². The summed E-state index contributed by atoms with van der Waals surface area (Å²) in [5.41, 5.74) is 1.20. The molecule has 1 saturated heterocycles. The summed E-state index contributed by atoms with van der Waals surface area (Å²) >= 11 is 0. The Labute approximate surface area is 150 Å². The predicted molar refractivity (Wildman–Crippen MR) is 98.6 cm³/mol. The molecular weight excluding hydrogens is 331 g/mol. The molecule has 1 heterocycles. The van der Waals surface area contributed by atoms with Gasteiger partial charge in [-0.05, 0) is 47.2 Å². The molecule has 1 N–H and O–H groups in total. The second-order valence-corrected chi connectivity index (χ2v) is 6.42. The zero-order valence-electron chi connectivity index (χ0n) is 14.0. The molecule has 1 aliphatic rings. The van der Waals surface area contributed by atoms with Gasteiger partial charge in [0.15, 0.2) is 0 Å². The number of rotatable bonds is 3. The van der Waals surface area contributed by atoms with Gasteiger partial charge in [0.25, 0.3) is 5.91 Å². The fourth-order valence-electron chi connectivity index (χ4n) is 3.27. The largest absolute Gasteiger partial charge is 0.347 e. The van der Waals surface area contributed by atoms with Crippen LogP contribution < -0.4 is 10.2 Å². The molecular formula is C21H17FN2O2. The summed E-state index contributed by atoms with van der Waals surface area (Å²) in [4.78, 5) is 26.4. The molecule has 3 aromatic carbocycles. The van der Waals surface area contributed by atoms with E-state index in [0.29, 0.717) is 17.8 Å². The number of carbonyl (C=O) groups excluding carboxylic acids is 2. The van der Waals surface area contributed by atoms with E-state index in [0.717, 1.165) is 10.8 Å². The first-order chi connectivity index (χ1) is 12.6. The monoisotopic (exact) mass is 348 g/mol. The summed E-state index contributed by atoms with van der Waals surface area (Å²) in [5.74, 6) is -0.628. The van der Waals surface area contributed by atoms with E-state index in [2.05, 4.69) is 5.32 Å². The third-order valence-corrected chi connectivity index (χ3v) is 4.61. The van der Waals surface area contributed by atoms with E-state index in [1.165, 1.54) is 12.1 Å². The van der Waals surface area contributed by atoms with E-state index < -0.39 is 0 Å². The zero-order valence-corrected chi connectivity index (χ0v) is 14.0. The number of halogens is 1. The number of fused-ring (bicyclic) bond motifs is 1. The smallest absolute Gasteiger partial charge is 0.251 e. The van der Waals surface area contributed by atoms with Gasteiger partial charge in [-0.3, -0.25) is 9.59 Å². The van der Waals surface area contributed by atoms with Crippen LogP contribution in [0, 0.1) is 5.82 Å². The molecule has 0 unspecified atom stereocenters. The number of hydrogen-bond acceptors (Lipinski definition) is 2. The molecule has 26 heavy (non-hydrogen) atoms. The number of amides is 2. The summed E-state index contributed by atoms with van der Waals surface area (Å²) in [6.07, 6.45) is 0.233. The minimum atomic E-state index is -0.346. The van der Waals surface area contributed by atoms with Crippen molar-refractivity contribution in [3.05, 3.63) is 78.1 Å². The molecule has 4 rings (SSSR count). The van der Waals surface area contributed by atoms with Crippen LogP contribution in [-0.2, 0) is 4.79 Å². The number of anilines is 1. The maximum atomic E-state index is 13.1. The lowest BCUT2D eigenvalue weighted by atomic mass is 10.1. The Hall–Kier alpha value is -3.21. The van der Waals surface area contributed by atoms with Crippen molar-refractivity contribution in [2.75, 3.05) is 11.4 Å². The molecule has 2 amide bonds. The highest BCUT2D eigenvalue weighted by molar-refractivity contribution is 6.00. The molecule has 0 spiro atoms. The summed E-state index contributed by atoms with van der Waals surface area (Å²) in [7, 11) is 0. The van der Waals surface area contributed by atoms with Crippen molar-refractivity contribution in [2.24, 2.45) is 0 Å². The van der Waals surface area contributed by atoms with Crippen molar-refractivity contribution in [2.45, 2.75) is 12.5 Å². The van der Waals surface area contributed by atoms with Gasteiger partial charge in [-0.25, -0.2) is 4.39 Å². The summed E-state index contributed by atoms with van der Waals surface area (Å²) in [6.45, 7) is 0.379. The van der Waals surface area contributed by atoms with E-state index in [1.807, 2.05) is 36.4 Å². The molecule has 0 bridgehead atoms. The van der Waals surface area contributed by atoms with E-state index in [4.69, 9.17) is 0 Å². The average molecular weight is 348 g/mol. The standard InChI is InChI=1S/C21H17FN2O2/c22-17-7-9-19(10-8-17)24-13-18(12-20(24)25)23-21(26)16-6-5-14-3-1-2-4-15(14)11-16/h1-11,18H,12-13H2,(H,23,26)/t18-/m1/s1. The zero-order chi connectivity index (χ0) is 18.1. The van der Waals surface area contributed by atoms with Gasteiger partial charge < -0.3 is 10.2 Å². The molecule has 3 aromatic rings. The van der Waals surface area contributed by atoms with Crippen LogP contribution in [0.25, 0.3) is 10.8 Å². The highest BCUT2D eigenvalue weighted by Gasteiger charge is 2.31. The van der Waals surface area contributed by atoms with Gasteiger partial charge in [0, 0.05) is 24.2 Å². The van der Waals surface area contributed by atoms with E-state index in [-0.39, 0.29) is 30.1 Å². The van der Waals surface area contributed by atoms with E-state index in [9.17, 15) is 14.0 Å². The van der Waals surface area contributed by atoms with Crippen molar-refractivity contribution < 1.29 is 14.0 Å². The van der Waals surface area contributed by atoms with Gasteiger partial charge in [0.2, 0.25) is 5.91 Å². The lowest BCUT2D eigenvalue weighted by Crippen LogP contribution is -2.37. The van der Waals surface area contributed by atoms with E-state index >= 15 is 0 Å². The fourth-order valence-corrected chi connectivity index (χ4v) is 3.27. The molecule has 1 atom stereocenters. The summed E-state index contributed by atoms with van der Waals surface area (Å²) in [5, 5.41) is 4.99. The predicted octanol–water partition coefficient (Wildman–Crippen LogP) is 3.51. The van der Waals surface area contributed by atoms with Crippen molar-refractivity contribution in [3.8, 4) is 0 Å². The number of hydrogen-bond donors (Lipinski definition) is 1. The maximum Gasteiger partial charge on any atom is 0.251 e. The normalized spacial score (nSPS) is 16.9. The Morgan fingerprint density at radius 3 is 2.50 bits per heavy atom. The molecule has 0 aliphatic carbocycles. The molecule has 130 valence electrons. The first-order valence-corrected chi connectivity index (χ1v) is 8.46. The molecule has 5 heteroatoms. The lowest BCUT2D eigenvalue weighted by Gasteiger charge is -2.17. The molecule has 0 saturated carbocycles. The van der Waals surface area contributed by atoms with Crippen LogP contribution in [0.2, 0.25) is 0 Å². The Morgan fingerprint density at radius 2 is 1.73 bits per heavy atom. The third-order valence-electron chi connectivity index (χ3n) is 4.61. The van der Waals surface area contributed by atoms with E-state index in [1.54, 1.807) is 23.1 Å². The fraction of sp³-hybridized carbons (Fsp3) is 0.143. The van der Waals surface area contributed by atoms with Gasteiger partial charge in [-0.1, -0.05) is 30.3 Å². The number of carbonyl (C=O) groups is 2. The summed E-state index contributed by atoms with van der Waals surface area (Å²) < 4.78 is 13.1. The average Bonchev–Trinajstić information content (AvgIpc) is 3.02. The van der Waals surface area contributed by atoms with Crippen LogP contribution in [0.5, 0.6) is 0 Å². The minimum absolute atomic E-state index is 0.0829. The molecule has 4 nitrogen and oxygen atoms in total. The maximum absolute atomic E-state index is 13.1.